The van der Waals surface area contributed by atoms with Crippen LogP contribution in [0.1, 0.15) is 95.1 Å². The summed E-state index contributed by atoms with van der Waals surface area (Å²) in [6.07, 6.45) is 11.8. The van der Waals surface area contributed by atoms with E-state index >= 15 is 0 Å². The van der Waals surface area contributed by atoms with Crippen LogP contribution < -0.4 is 5.43 Å². The van der Waals surface area contributed by atoms with Crippen molar-refractivity contribution >= 4 is 11.6 Å². The van der Waals surface area contributed by atoms with E-state index in [0.717, 1.165) is 30.0 Å². The van der Waals surface area contributed by atoms with Crippen LogP contribution in [-0.2, 0) is 4.79 Å². The smallest absolute Gasteiger partial charge is 0.240 e. The van der Waals surface area contributed by atoms with Crippen LogP contribution >= 0.6 is 0 Å². The number of hydrogen-bond acceptors (Lipinski definition) is 2. The summed E-state index contributed by atoms with van der Waals surface area (Å²) in [5.74, 6) is 0.747. The van der Waals surface area contributed by atoms with Crippen LogP contribution in [0.25, 0.3) is 0 Å². The van der Waals surface area contributed by atoms with Crippen molar-refractivity contribution in [3.63, 3.8) is 0 Å². The van der Waals surface area contributed by atoms with Gasteiger partial charge >= 0.3 is 0 Å². The molecule has 1 aromatic carbocycles. The first-order valence-electron chi connectivity index (χ1n) is 9.64. The van der Waals surface area contributed by atoms with E-state index in [2.05, 4.69) is 41.7 Å². The quantitative estimate of drug-likeness (QED) is 0.380. The lowest BCUT2D eigenvalue weighted by Crippen LogP contribution is -2.18. The average Bonchev–Trinajstić information content (AvgIpc) is 2.64. The van der Waals surface area contributed by atoms with Gasteiger partial charge < -0.3 is 0 Å². The number of carbonyl (C=O) groups is 1. The van der Waals surface area contributed by atoms with Crippen molar-refractivity contribution in [2.24, 2.45) is 5.10 Å². The highest BCUT2D eigenvalue weighted by atomic mass is 16.2. The first-order chi connectivity index (χ1) is 11.7. The van der Waals surface area contributed by atoms with Gasteiger partial charge in [0.1, 0.15) is 0 Å². The minimum absolute atomic E-state index is 0.0179. The molecule has 2 rings (SSSR count). The maximum Gasteiger partial charge on any atom is 0.240 e. The van der Waals surface area contributed by atoms with Gasteiger partial charge in [0.2, 0.25) is 5.91 Å². The molecule has 1 aliphatic rings. The van der Waals surface area contributed by atoms with Crippen LogP contribution in [0, 0.1) is 0 Å². The Hall–Kier alpha value is -1.64. The number of unbranched alkanes of at least 4 members (excludes halogenated alkanes) is 3. The van der Waals surface area contributed by atoms with E-state index in [1.807, 2.05) is 6.92 Å². The van der Waals surface area contributed by atoms with Crippen LogP contribution in [0.5, 0.6) is 0 Å². The summed E-state index contributed by atoms with van der Waals surface area (Å²) < 4.78 is 0. The summed E-state index contributed by atoms with van der Waals surface area (Å²) in [7, 11) is 0. The van der Waals surface area contributed by atoms with Crippen LogP contribution in [-0.4, -0.2) is 11.6 Å². The maximum atomic E-state index is 11.8. The third-order valence-corrected chi connectivity index (χ3v) is 5.01. The topological polar surface area (TPSA) is 41.5 Å². The van der Waals surface area contributed by atoms with E-state index < -0.39 is 0 Å². The second-order valence-electron chi connectivity index (χ2n) is 7.00. The minimum Gasteiger partial charge on any atom is -0.273 e. The molecule has 0 radical (unpaired) electrons. The lowest BCUT2D eigenvalue weighted by molar-refractivity contribution is -0.121. The summed E-state index contributed by atoms with van der Waals surface area (Å²) in [5.41, 5.74) is 6.09. The normalized spacial score (nSPS) is 16.2. The number of amides is 1. The van der Waals surface area contributed by atoms with Gasteiger partial charge in [0, 0.05) is 6.42 Å². The highest BCUT2D eigenvalue weighted by Gasteiger charge is 2.15. The third kappa shape index (κ3) is 6.10. The number of rotatable bonds is 8. The average molecular weight is 329 g/mol. The first-order valence-corrected chi connectivity index (χ1v) is 9.64. The fraction of sp³-hybridized carbons (Fsp3) is 0.619. The number of nitrogens with zero attached hydrogens (tertiary/aromatic N) is 1. The first kappa shape index (κ1) is 18.7. The van der Waals surface area contributed by atoms with Gasteiger partial charge in [-0.3, -0.25) is 4.79 Å². The zero-order chi connectivity index (χ0) is 17.2. The molecule has 0 atom stereocenters. The van der Waals surface area contributed by atoms with Gasteiger partial charge in [0.15, 0.2) is 0 Å². The second-order valence-corrected chi connectivity index (χ2v) is 7.00. The Morgan fingerprint density at radius 3 is 2.46 bits per heavy atom. The molecular formula is C21H32N2O. The highest BCUT2D eigenvalue weighted by Crippen LogP contribution is 2.32. The van der Waals surface area contributed by atoms with Gasteiger partial charge in [-0.15, -0.1) is 0 Å². The Bertz CT molecular complexity index is 527. The number of hydrazone groups is 1. The molecule has 0 saturated heterocycles. The molecule has 0 aliphatic heterocycles. The lowest BCUT2D eigenvalue weighted by Gasteiger charge is -2.22. The van der Waals surface area contributed by atoms with E-state index in [4.69, 9.17) is 0 Å². The predicted octanol–water partition coefficient (Wildman–Crippen LogP) is 5.54. The largest absolute Gasteiger partial charge is 0.273 e. The molecule has 0 spiro atoms. The molecule has 0 bridgehead atoms. The molecule has 1 saturated carbocycles. The van der Waals surface area contributed by atoms with Gasteiger partial charge in [-0.25, -0.2) is 5.43 Å². The Labute approximate surface area is 146 Å². The molecular weight excluding hydrogens is 296 g/mol. The van der Waals surface area contributed by atoms with E-state index in [0.29, 0.717) is 6.42 Å². The van der Waals surface area contributed by atoms with E-state index in [9.17, 15) is 4.79 Å². The summed E-state index contributed by atoms with van der Waals surface area (Å²) in [4.78, 5) is 11.8. The Morgan fingerprint density at radius 1 is 1.08 bits per heavy atom. The molecule has 132 valence electrons. The summed E-state index contributed by atoms with van der Waals surface area (Å²) in [5, 5.41) is 4.25. The molecule has 24 heavy (non-hydrogen) atoms. The summed E-state index contributed by atoms with van der Waals surface area (Å²) in [6, 6.07) is 8.74. The van der Waals surface area contributed by atoms with Crippen LogP contribution in [0.15, 0.2) is 29.4 Å². The maximum absolute atomic E-state index is 11.8. The zero-order valence-corrected chi connectivity index (χ0v) is 15.3. The number of carbonyl (C=O) groups excluding carboxylic acids is 1. The van der Waals surface area contributed by atoms with Crippen molar-refractivity contribution in [3.05, 3.63) is 35.4 Å². The van der Waals surface area contributed by atoms with Crippen molar-refractivity contribution < 1.29 is 4.79 Å². The van der Waals surface area contributed by atoms with Crippen LogP contribution in [0.3, 0.4) is 0 Å². The van der Waals surface area contributed by atoms with Crippen LogP contribution in [0.4, 0.5) is 0 Å². The molecule has 1 fully saturated rings. The van der Waals surface area contributed by atoms with Crippen molar-refractivity contribution in [3.8, 4) is 0 Å². The van der Waals surface area contributed by atoms with E-state index in [-0.39, 0.29) is 5.91 Å². The van der Waals surface area contributed by atoms with E-state index in [1.54, 1.807) is 0 Å². The van der Waals surface area contributed by atoms with Gasteiger partial charge in [-0.05, 0) is 43.2 Å². The zero-order valence-electron chi connectivity index (χ0n) is 15.3. The second kappa shape index (κ2) is 10.3. The molecule has 1 aromatic rings. The fourth-order valence-corrected chi connectivity index (χ4v) is 3.41. The molecule has 1 amide bonds. The molecule has 3 heteroatoms. The highest BCUT2D eigenvalue weighted by molar-refractivity contribution is 5.99. The third-order valence-electron chi connectivity index (χ3n) is 5.01. The predicted molar refractivity (Wildman–Crippen MR) is 101 cm³/mol. The van der Waals surface area contributed by atoms with Gasteiger partial charge in [-0.1, -0.05) is 69.7 Å². The van der Waals surface area contributed by atoms with Crippen molar-refractivity contribution in [1.82, 2.24) is 5.43 Å². The van der Waals surface area contributed by atoms with Gasteiger partial charge in [0.05, 0.1) is 5.71 Å². The lowest BCUT2D eigenvalue weighted by atomic mass is 9.84. The van der Waals surface area contributed by atoms with Gasteiger partial charge in [0.25, 0.3) is 0 Å². The molecule has 1 aliphatic carbocycles. The molecule has 1 N–H and O–H groups in total. The Balaban J connectivity index is 1.82. The fourth-order valence-electron chi connectivity index (χ4n) is 3.41. The molecule has 0 unspecified atom stereocenters. The van der Waals surface area contributed by atoms with Gasteiger partial charge in [-0.2, -0.15) is 5.10 Å². The number of hydrogen-bond donors (Lipinski definition) is 1. The Kier molecular flexibility index (Phi) is 8.00. The SMILES string of the molecule is CCCCCCC(=O)NN=C(C)c1ccc(C2CCCCC2)cc1. The molecule has 0 aromatic heterocycles. The molecule has 0 heterocycles. The number of benzene rings is 1. The minimum atomic E-state index is 0.0179. The molecule has 3 nitrogen and oxygen atoms in total. The summed E-state index contributed by atoms with van der Waals surface area (Å²) >= 11 is 0. The van der Waals surface area contributed by atoms with Crippen molar-refractivity contribution in [2.45, 2.75) is 84.0 Å². The monoisotopic (exact) mass is 328 g/mol. The van der Waals surface area contributed by atoms with Crippen molar-refractivity contribution in [2.75, 3.05) is 0 Å². The van der Waals surface area contributed by atoms with Crippen molar-refractivity contribution in [1.29, 1.82) is 0 Å². The van der Waals surface area contributed by atoms with E-state index in [1.165, 1.54) is 50.5 Å². The Morgan fingerprint density at radius 2 is 1.79 bits per heavy atom. The summed E-state index contributed by atoms with van der Waals surface area (Å²) in [6.45, 7) is 4.13. The number of nitrogens with one attached hydrogen (secondary N) is 1. The van der Waals surface area contributed by atoms with Crippen LogP contribution in [0.2, 0.25) is 0 Å². The standard InChI is InChI=1S/C21H32N2O/c1-3-4-5-9-12-21(24)23-22-17(2)18-13-15-20(16-14-18)19-10-7-6-8-11-19/h13-16,19H,3-12H2,1-2H3,(H,23,24).